The Morgan fingerprint density at radius 1 is 1.23 bits per heavy atom. The van der Waals surface area contributed by atoms with Crippen molar-refractivity contribution in [1.29, 1.82) is 0 Å². The summed E-state index contributed by atoms with van der Waals surface area (Å²) in [5.41, 5.74) is 2.43. The monoisotopic (exact) mass is 301 g/mol. The molecule has 1 aromatic rings. The van der Waals surface area contributed by atoms with Gasteiger partial charge in [0.05, 0.1) is 13.2 Å². The van der Waals surface area contributed by atoms with Crippen molar-refractivity contribution in [3.05, 3.63) is 35.4 Å². The van der Waals surface area contributed by atoms with Crippen molar-refractivity contribution < 1.29 is 9.53 Å². The predicted molar refractivity (Wildman–Crippen MR) is 87.6 cm³/mol. The summed E-state index contributed by atoms with van der Waals surface area (Å²) >= 11 is 0. The highest BCUT2D eigenvalue weighted by molar-refractivity contribution is 5.76. The third-order valence-corrected chi connectivity index (χ3v) is 5.11. The summed E-state index contributed by atoms with van der Waals surface area (Å²) in [4.78, 5) is 14.5. The van der Waals surface area contributed by atoms with E-state index in [4.69, 9.17) is 4.74 Å². The minimum absolute atomic E-state index is 0.0322. The van der Waals surface area contributed by atoms with Crippen LogP contribution in [-0.2, 0) is 9.53 Å². The number of amides is 1. The van der Waals surface area contributed by atoms with Gasteiger partial charge in [0.25, 0.3) is 0 Å². The van der Waals surface area contributed by atoms with E-state index >= 15 is 0 Å². The quantitative estimate of drug-likeness (QED) is 0.845. The fourth-order valence-corrected chi connectivity index (χ4v) is 3.64. The van der Waals surface area contributed by atoms with E-state index in [1.165, 1.54) is 36.8 Å². The minimum atomic E-state index is 0.0322. The number of hydrogen-bond donors (Lipinski definition) is 0. The first-order chi connectivity index (χ1) is 10.7. The predicted octanol–water partition coefficient (Wildman–Crippen LogP) is 3.87. The van der Waals surface area contributed by atoms with Crippen LogP contribution in [0.4, 0.5) is 0 Å². The molecule has 3 nitrogen and oxygen atoms in total. The molecule has 120 valence electrons. The van der Waals surface area contributed by atoms with Crippen molar-refractivity contribution >= 4 is 5.91 Å². The molecule has 0 bridgehead atoms. The molecule has 0 N–H and O–H groups in total. The van der Waals surface area contributed by atoms with Gasteiger partial charge in [-0.25, -0.2) is 0 Å². The van der Waals surface area contributed by atoms with Crippen LogP contribution in [0.1, 0.15) is 55.8 Å². The number of carbonyl (C=O) groups is 1. The van der Waals surface area contributed by atoms with Crippen molar-refractivity contribution in [2.75, 3.05) is 19.7 Å². The number of morpholine rings is 1. The Labute approximate surface area is 133 Å². The van der Waals surface area contributed by atoms with E-state index in [9.17, 15) is 4.79 Å². The molecule has 1 saturated carbocycles. The molecule has 22 heavy (non-hydrogen) atoms. The summed E-state index contributed by atoms with van der Waals surface area (Å²) in [5, 5.41) is 0. The molecule has 3 rings (SSSR count). The second kappa shape index (κ2) is 7.28. The van der Waals surface area contributed by atoms with Crippen LogP contribution in [0.25, 0.3) is 0 Å². The Morgan fingerprint density at radius 3 is 2.68 bits per heavy atom. The molecule has 1 aliphatic heterocycles. The standard InChI is InChI=1S/C19H27NO2/c1-15-6-9-17(10-7-15)18-14-20(12-13-22-18)19(21)11-8-16-4-2-3-5-16/h6-7,9-10,16,18H,2-5,8,11-14H2,1H3. The molecular formula is C19H27NO2. The van der Waals surface area contributed by atoms with Crippen LogP contribution in [0.15, 0.2) is 24.3 Å². The van der Waals surface area contributed by atoms with E-state index in [2.05, 4.69) is 31.2 Å². The van der Waals surface area contributed by atoms with E-state index in [0.717, 1.165) is 18.9 Å². The smallest absolute Gasteiger partial charge is 0.222 e. The normalized spacial score (nSPS) is 23.0. The highest BCUT2D eigenvalue weighted by atomic mass is 16.5. The summed E-state index contributed by atoms with van der Waals surface area (Å²) in [7, 11) is 0. The van der Waals surface area contributed by atoms with E-state index < -0.39 is 0 Å². The molecule has 1 aromatic carbocycles. The molecule has 2 aliphatic rings. The third kappa shape index (κ3) is 3.89. The van der Waals surface area contributed by atoms with Crippen molar-refractivity contribution in [2.24, 2.45) is 5.92 Å². The van der Waals surface area contributed by atoms with E-state index in [-0.39, 0.29) is 6.10 Å². The molecule has 3 heteroatoms. The SMILES string of the molecule is Cc1ccc(C2CN(C(=O)CCC3CCCC3)CCO2)cc1. The van der Waals surface area contributed by atoms with Gasteiger partial charge in [-0.2, -0.15) is 0 Å². The van der Waals surface area contributed by atoms with Gasteiger partial charge in [0.15, 0.2) is 0 Å². The summed E-state index contributed by atoms with van der Waals surface area (Å²) in [6.07, 6.45) is 7.17. The zero-order valence-electron chi connectivity index (χ0n) is 13.6. The molecule has 0 radical (unpaired) electrons. The van der Waals surface area contributed by atoms with Gasteiger partial charge in [0.1, 0.15) is 6.10 Å². The number of hydrogen-bond acceptors (Lipinski definition) is 2. The molecular weight excluding hydrogens is 274 g/mol. The fraction of sp³-hybridized carbons (Fsp3) is 0.632. The van der Waals surface area contributed by atoms with Gasteiger partial charge >= 0.3 is 0 Å². The maximum Gasteiger partial charge on any atom is 0.222 e. The fourth-order valence-electron chi connectivity index (χ4n) is 3.64. The second-order valence-electron chi connectivity index (χ2n) is 6.80. The van der Waals surface area contributed by atoms with Crippen LogP contribution < -0.4 is 0 Å². The number of benzene rings is 1. The van der Waals surface area contributed by atoms with Crippen LogP contribution >= 0.6 is 0 Å². The lowest BCUT2D eigenvalue weighted by Crippen LogP contribution is -2.42. The molecule has 0 aromatic heterocycles. The Kier molecular flexibility index (Phi) is 5.14. The lowest BCUT2D eigenvalue weighted by Gasteiger charge is -2.33. The molecule has 1 atom stereocenters. The first-order valence-corrected chi connectivity index (χ1v) is 8.68. The highest BCUT2D eigenvalue weighted by Crippen LogP contribution is 2.29. The maximum atomic E-state index is 12.5. The molecule has 2 fully saturated rings. The van der Waals surface area contributed by atoms with Crippen LogP contribution in [0.5, 0.6) is 0 Å². The van der Waals surface area contributed by atoms with Crippen LogP contribution in [0.3, 0.4) is 0 Å². The summed E-state index contributed by atoms with van der Waals surface area (Å²) in [6.45, 7) is 4.18. The lowest BCUT2D eigenvalue weighted by molar-refractivity contribution is -0.139. The topological polar surface area (TPSA) is 29.5 Å². The second-order valence-corrected chi connectivity index (χ2v) is 6.80. The van der Waals surface area contributed by atoms with Gasteiger partial charge in [0.2, 0.25) is 5.91 Å². The number of carbonyl (C=O) groups excluding carboxylic acids is 1. The summed E-state index contributed by atoms with van der Waals surface area (Å²) < 4.78 is 5.87. The Hall–Kier alpha value is -1.35. The maximum absolute atomic E-state index is 12.5. The van der Waals surface area contributed by atoms with Crippen molar-refractivity contribution in [3.63, 3.8) is 0 Å². The molecule has 1 amide bonds. The van der Waals surface area contributed by atoms with Crippen LogP contribution in [0.2, 0.25) is 0 Å². The van der Waals surface area contributed by atoms with Crippen molar-refractivity contribution in [1.82, 2.24) is 4.90 Å². The average Bonchev–Trinajstić information content (AvgIpc) is 3.07. The highest BCUT2D eigenvalue weighted by Gasteiger charge is 2.26. The van der Waals surface area contributed by atoms with Gasteiger partial charge in [-0.05, 0) is 24.8 Å². The molecule has 1 aliphatic carbocycles. The van der Waals surface area contributed by atoms with Gasteiger partial charge in [0, 0.05) is 13.0 Å². The largest absolute Gasteiger partial charge is 0.370 e. The number of rotatable bonds is 4. The minimum Gasteiger partial charge on any atom is -0.370 e. The molecule has 1 unspecified atom stereocenters. The third-order valence-electron chi connectivity index (χ3n) is 5.11. The number of ether oxygens (including phenoxy) is 1. The Balaban J connectivity index is 1.53. The summed E-state index contributed by atoms with van der Waals surface area (Å²) in [5.74, 6) is 1.10. The molecule has 1 saturated heterocycles. The van der Waals surface area contributed by atoms with Gasteiger partial charge in [-0.15, -0.1) is 0 Å². The zero-order chi connectivity index (χ0) is 15.4. The van der Waals surface area contributed by atoms with E-state index in [1.807, 2.05) is 4.90 Å². The van der Waals surface area contributed by atoms with Gasteiger partial charge in [-0.3, -0.25) is 4.79 Å². The van der Waals surface area contributed by atoms with Crippen molar-refractivity contribution in [3.8, 4) is 0 Å². The van der Waals surface area contributed by atoms with Gasteiger partial charge in [-0.1, -0.05) is 55.5 Å². The first kappa shape index (κ1) is 15.5. The van der Waals surface area contributed by atoms with Crippen LogP contribution in [-0.4, -0.2) is 30.5 Å². The molecule has 0 spiro atoms. The zero-order valence-corrected chi connectivity index (χ0v) is 13.6. The van der Waals surface area contributed by atoms with Crippen LogP contribution in [0, 0.1) is 12.8 Å². The average molecular weight is 301 g/mol. The number of nitrogens with zero attached hydrogens (tertiary/aromatic N) is 1. The van der Waals surface area contributed by atoms with Gasteiger partial charge < -0.3 is 9.64 Å². The van der Waals surface area contributed by atoms with Crippen molar-refractivity contribution in [2.45, 2.75) is 51.6 Å². The van der Waals surface area contributed by atoms with E-state index in [1.54, 1.807) is 0 Å². The lowest BCUT2D eigenvalue weighted by atomic mass is 10.0. The Morgan fingerprint density at radius 2 is 1.95 bits per heavy atom. The van der Waals surface area contributed by atoms with E-state index in [0.29, 0.717) is 25.5 Å². The summed E-state index contributed by atoms with van der Waals surface area (Å²) in [6, 6.07) is 8.46. The Bertz CT molecular complexity index is 491. The first-order valence-electron chi connectivity index (χ1n) is 8.68. The number of aryl methyl sites for hydroxylation is 1. The molecule has 1 heterocycles.